The first kappa shape index (κ1) is 12.6. The van der Waals surface area contributed by atoms with Gasteiger partial charge in [0.15, 0.2) is 0 Å². The Bertz CT molecular complexity index is 491. The molecule has 1 N–H and O–H groups in total. The SMILES string of the molecule is O=C(/C=C/c1ccsc1)NC1C2CC3CC(C2)CC1C3. The first-order valence-corrected chi connectivity index (χ1v) is 8.73. The molecule has 0 spiro atoms. The van der Waals surface area contributed by atoms with Crippen molar-refractivity contribution < 1.29 is 4.79 Å². The molecule has 20 heavy (non-hydrogen) atoms. The maximum Gasteiger partial charge on any atom is 0.244 e. The Balaban J connectivity index is 1.40. The predicted molar refractivity (Wildman–Crippen MR) is 82.3 cm³/mol. The molecule has 0 atom stereocenters. The Morgan fingerprint density at radius 3 is 2.45 bits per heavy atom. The van der Waals surface area contributed by atoms with Crippen LogP contribution in [0.1, 0.15) is 37.7 Å². The highest BCUT2D eigenvalue weighted by Gasteiger charge is 2.48. The summed E-state index contributed by atoms with van der Waals surface area (Å²) in [5.41, 5.74) is 1.12. The first-order valence-electron chi connectivity index (χ1n) is 7.78. The van der Waals surface area contributed by atoms with Gasteiger partial charge in [-0.25, -0.2) is 0 Å². The van der Waals surface area contributed by atoms with Crippen molar-refractivity contribution in [2.75, 3.05) is 0 Å². The summed E-state index contributed by atoms with van der Waals surface area (Å²) in [6, 6.07) is 2.49. The van der Waals surface area contributed by atoms with Crippen LogP contribution in [0, 0.1) is 23.7 Å². The van der Waals surface area contributed by atoms with Crippen LogP contribution in [0.15, 0.2) is 22.9 Å². The van der Waals surface area contributed by atoms with Gasteiger partial charge in [0.25, 0.3) is 0 Å². The van der Waals surface area contributed by atoms with Crippen LogP contribution in [0.25, 0.3) is 6.08 Å². The molecule has 0 unspecified atom stereocenters. The third-order valence-corrected chi connectivity index (χ3v) is 6.21. The van der Waals surface area contributed by atoms with Crippen molar-refractivity contribution in [3.05, 3.63) is 28.5 Å². The second kappa shape index (κ2) is 5.03. The van der Waals surface area contributed by atoms with Crippen LogP contribution in [-0.2, 0) is 4.79 Å². The largest absolute Gasteiger partial charge is 0.349 e. The summed E-state index contributed by atoms with van der Waals surface area (Å²) in [6.45, 7) is 0. The molecular formula is C17H21NOS. The molecule has 0 radical (unpaired) electrons. The Kier molecular flexibility index (Phi) is 3.18. The summed E-state index contributed by atoms with van der Waals surface area (Å²) in [7, 11) is 0. The highest BCUT2D eigenvalue weighted by atomic mass is 32.1. The molecular weight excluding hydrogens is 266 g/mol. The molecule has 5 rings (SSSR count). The molecule has 1 aromatic rings. The van der Waals surface area contributed by atoms with Gasteiger partial charge >= 0.3 is 0 Å². The number of thiophene rings is 1. The minimum atomic E-state index is 0.0914. The lowest BCUT2D eigenvalue weighted by atomic mass is 9.54. The van der Waals surface area contributed by atoms with E-state index in [1.165, 1.54) is 32.1 Å². The molecule has 0 aromatic carbocycles. The Morgan fingerprint density at radius 1 is 1.15 bits per heavy atom. The number of rotatable bonds is 3. The van der Waals surface area contributed by atoms with Gasteiger partial charge in [-0.15, -0.1) is 0 Å². The second-order valence-electron chi connectivity index (χ2n) is 6.86. The van der Waals surface area contributed by atoms with E-state index < -0.39 is 0 Å². The van der Waals surface area contributed by atoms with E-state index in [-0.39, 0.29) is 5.91 Å². The van der Waals surface area contributed by atoms with Crippen molar-refractivity contribution in [3.63, 3.8) is 0 Å². The standard InChI is InChI=1S/C17H21NOS/c19-16(2-1-11-3-4-20-10-11)18-17-14-6-12-5-13(8-14)9-15(17)7-12/h1-4,10,12-15,17H,5-9H2,(H,18,19)/b2-1+. The van der Waals surface area contributed by atoms with Crippen LogP contribution in [0.5, 0.6) is 0 Å². The fraction of sp³-hybridized carbons (Fsp3) is 0.588. The quantitative estimate of drug-likeness (QED) is 0.844. The van der Waals surface area contributed by atoms with E-state index in [0.717, 1.165) is 29.2 Å². The molecule has 1 amide bonds. The summed E-state index contributed by atoms with van der Waals surface area (Å²) >= 11 is 1.66. The number of hydrogen-bond donors (Lipinski definition) is 1. The minimum Gasteiger partial charge on any atom is -0.349 e. The van der Waals surface area contributed by atoms with E-state index in [1.807, 2.05) is 17.5 Å². The van der Waals surface area contributed by atoms with E-state index in [4.69, 9.17) is 0 Å². The number of hydrogen-bond acceptors (Lipinski definition) is 2. The van der Waals surface area contributed by atoms with E-state index in [1.54, 1.807) is 17.4 Å². The average molecular weight is 287 g/mol. The van der Waals surface area contributed by atoms with Crippen LogP contribution in [-0.4, -0.2) is 11.9 Å². The molecule has 4 fully saturated rings. The van der Waals surface area contributed by atoms with Gasteiger partial charge in [-0.1, -0.05) is 0 Å². The van der Waals surface area contributed by atoms with Crippen LogP contribution < -0.4 is 5.32 Å². The van der Waals surface area contributed by atoms with Gasteiger partial charge in [-0.05, 0) is 84.2 Å². The van der Waals surface area contributed by atoms with Gasteiger partial charge < -0.3 is 5.32 Å². The fourth-order valence-corrected chi connectivity index (χ4v) is 5.54. The van der Waals surface area contributed by atoms with Gasteiger partial charge in [0.05, 0.1) is 0 Å². The molecule has 1 heterocycles. The second-order valence-corrected chi connectivity index (χ2v) is 7.64. The summed E-state index contributed by atoms with van der Waals surface area (Å²) < 4.78 is 0. The topological polar surface area (TPSA) is 29.1 Å². The van der Waals surface area contributed by atoms with Gasteiger partial charge in [0.2, 0.25) is 5.91 Å². The van der Waals surface area contributed by atoms with Gasteiger partial charge in [-0.2, -0.15) is 11.3 Å². The smallest absolute Gasteiger partial charge is 0.244 e. The van der Waals surface area contributed by atoms with Crippen LogP contribution in [0.3, 0.4) is 0 Å². The monoisotopic (exact) mass is 287 g/mol. The molecule has 0 aliphatic heterocycles. The number of carbonyl (C=O) groups excluding carboxylic acids is 1. The third kappa shape index (κ3) is 2.32. The summed E-state index contributed by atoms with van der Waals surface area (Å²) in [6.07, 6.45) is 10.5. The van der Waals surface area contributed by atoms with Gasteiger partial charge in [0, 0.05) is 12.1 Å². The molecule has 3 heteroatoms. The van der Waals surface area contributed by atoms with E-state index >= 15 is 0 Å². The van der Waals surface area contributed by atoms with E-state index in [9.17, 15) is 4.79 Å². The summed E-state index contributed by atoms with van der Waals surface area (Å²) in [5, 5.41) is 7.40. The lowest BCUT2D eigenvalue weighted by molar-refractivity contribution is -0.120. The summed E-state index contributed by atoms with van der Waals surface area (Å²) in [4.78, 5) is 12.1. The zero-order chi connectivity index (χ0) is 13.5. The lowest BCUT2D eigenvalue weighted by Crippen LogP contribution is -2.55. The van der Waals surface area contributed by atoms with Crippen molar-refractivity contribution in [2.24, 2.45) is 23.7 Å². The molecule has 1 aromatic heterocycles. The Labute approximate surface area is 124 Å². The van der Waals surface area contributed by atoms with Crippen molar-refractivity contribution in [1.82, 2.24) is 5.32 Å². The van der Waals surface area contributed by atoms with Crippen molar-refractivity contribution in [2.45, 2.75) is 38.1 Å². The predicted octanol–water partition coefficient (Wildman–Crippen LogP) is 3.70. The summed E-state index contributed by atoms with van der Waals surface area (Å²) in [5.74, 6) is 3.53. The van der Waals surface area contributed by atoms with Crippen LogP contribution in [0.4, 0.5) is 0 Å². The van der Waals surface area contributed by atoms with Gasteiger partial charge in [0.1, 0.15) is 0 Å². The average Bonchev–Trinajstić information content (AvgIpc) is 2.93. The highest BCUT2D eigenvalue weighted by Crippen LogP contribution is 2.53. The van der Waals surface area contributed by atoms with Crippen molar-refractivity contribution in [1.29, 1.82) is 0 Å². The normalized spacial score (nSPS) is 38.5. The zero-order valence-electron chi connectivity index (χ0n) is 11.6. The molecule has 0 saturated heterocycles. The van der Waals surface area contributed by atoms with Gasteiger partial charge in [-0.3, -0.25) is 4.79 Å². The molecule has 4 bridgehead atoms. The van der Waals surface area contributed by atoms with Crippen LogP contribution in [0.2, 0.25) is 0 Å². The molecule has 4 aliphatic rings. The number of carbonyl (C=O) groups is 1. The van der Waals surface area contributed by atoms with E-state index in [2.05, 4.69) is 10.7 Å². The molecule has 4 aliphatic carbocycles. The van der Waals surface area contributed by atoms with Crippen molar-refractivity contribution >= 4 is 23.3 Å². The van der Waals surface area contributed by atoms with E-state index in [0.29, 0.717) is 6.04 Å². The number of nitrogens with one attached hydrogen (secondary N) is 1. The maximum absolute atomic E-state index is 12.1. The highest BCUT2D eigenvalue weighted by molar-refractivity contribution is 7.08. The van der Waals surface area contributed by atoms with Crippen molar-refractivity contribution in [3.8, 4) is 0 Å². The maximum atomic E-state index is 12.1. The first-order chi connectivity index (χ1) is 9.78. The Hall–Kier alpha value is -1.09. The Morgan fingerprint density at radius 2 is 1.85 bits per heavy atom. The molecule has 106 valence electrons. The lowest BCUT2D eigenvalue weighted by Gasteiger charge is -2.54. The third-order valence-electron chi connectivity index (χ3n) is 5.51. The van der Waals surface area contributed by atoms with Crippen LogP contribution >= 0.6 is 11.3 Å². The fourth-order valence-electron chi connectivity index (χ4n) is 4.91. The molecule has 2 nitrogen and oxygen atoms in total. The number of amides is 1. The molecule has 4 saturated carbocycles. The minimum absolute atomic E-state index is 0.0914. The zero-order valence-corrected chi connectivity index (χ0v) is 12.4.